The summed E-state index contributed by atoms with van der Waals surface area (Å²) in [5, 5.41) is 7.19. The quantitative estimate of drug-likeness (QED) is 0.434. The number of hydrogen-bond acceptors (Lipinski definition) is 7. The van der Waals surface area contributed by atoms with Crippen molar-refractivity contribution in [2.24, 2.45) is 10.7 Å². The first-order valence-corrected chi connectivity index (χ1v) is 11.7. The highest BCUT2D eigenvalue weighted by Gasteiger charge is 2.15. The number of aliphatic imine (C=N–C) groups is 1. The summed E-state index contributed by atoms with van der Waals surface area (Å²) in [6.45, 7) is 5.16. The van der Waals surface area contributed by atoms with E-state index in [1.54, 1.807) is 12.4 Å². The molecule has 170 valence electrons. The van der Waals surface area contributed by atoms with Crippen LogP contribution in [0.2, 0.25) is 0 Å². The van der Waals surface area contributed by atoms with E-state index in [9.17, 15) is 0 Å². The normalized spacial score (nSPS) is 18.4. The summed E-state index contributed by atoms with van der Waals surface area (Å²) in [7, 11) is 0. The van der Waals surface area contributed by atoms with Gasteiger partial charge in [-0.05, 0) is 43.3 Å². The number of aromatic nitrogens is 2. The first-order valence-electron chi connectivity index (χ1n) is 11.3. The van der Waals surface area contributed by atoms with Crippen LogP contribution in [0, 0.1) is 0 Å². The number of pyridine rings is 2. The highest BCUT2D eigenvalue weighted by Crippen LogP contribution is 2.20. The highest BCUT2D eigenvalue weighted by molar-refractivity contribution is 7.80. The van der Waals surface area contributed by atoms with Gasteiger partial charge in [-0.25, -0.2) is 4.98 Å². The van der Waals surface area contributed by atoms with Gasteiger partial charge in [-0.1, -0.05) is 12.8 Å². The fraction of sp³-hybridized carbons (Fsp3) is 0.478. The van der Waals surface area contributed by atoms with Gasteiger partial charge >= 0.3 is 0 Å². The topological polar surface area (TPSA) is 101 Å². The Labute approximate surface area is 194 Å². The SMILES string of the molecule is NC=C(C=NCCN1CCOCC1)c1cnc2ccc(NC(=S)NC3CCCC3)nc2c1. The summed E-state index contributed by atoms with van der Waals surface area (Å²) in [6.07, 6.45) is 10.0. The maximum atomic E-state index is 5.88. The number of hydrogen-bond donors (Lipinski definition) is 3. The maximum absolute atomic E-state index is 5.88. The lowest BCUT2D eigenvalue weighted by atomic mass is 10.1. The summed E-state index contributed by atoms with van der Waals surface area (Å²) in [4.78, 5) is 16.1. The fourth-order valence-corrected chi connectivity index (χ4v) is 4.31. The molecule has 1 aliphatic heterocycles. The first-order chi connectivity index (χ1) is 15.7. The monoisotopic (exact) mass is 453 g/mol. The largest absolute Gasteiger partial charge is 0.404 e. The number of morpholine rings is 1. The van der Waals surface area contributed by atoms with Crippen molar-refractivity contribution in [2.75, 3.05) is 44.7 Å². The highest BCUT2D eigenvalue weighted by atomic mass is 32.1. The third-order valence-corrected chi connectivity index (χ3v) is 6.08. The van der Waals surface area contributed by atoms with Crippen molar-refractivity contribution in [3.05, 3.63) is 36.2 Å². The van der Waals surface area contributed by atoms with Crippen LogP contribution >= 0.6 is 12.2 Å². The van der Waals surface area contributed by atoms with Crippen LogP contribution in [0.15, 0.2) is 35.6 Å². The molecular weight excluding hydrogens is 422 g/mol. The van der Waals surface area contributed by atoms with Gasteiger partial charge in [-0.3, -0.25) is 14.9 Å². The molecule has 3 heterocycles. The number of allylic oxidation sites excluding steroid dienone is 1. The number of nitrogens with zero attached hydrogens (tertiary/aromatic N) is 4. The molecule has 1 aliphatic carbocycles. The Morgan fingerprint density at radius 2 is 2.06 bits per heavy atom. The van der Waals surface area contributed by atoms with Crippen molar-refractivity contribution < 1.29 is 4.74 Å². The van der Waals surface area contributed by atoms with Crippen molar-refractivity contribution in [3.8, 4) is 0 Å². The van der Waals surface area contributed by atoms with E-state index in [-0.39, 0.29) is 0 Å². The third kappa shape index (κ3) is 6.21. The lowest BCUT2D eigenvalue weighted by Gasteiger charge is -2.25. The van der Waals surface area contributed by atoms with E-state index in [1.807, 2.05) is 24.4 Å². The van der Waals surface area contributed by atoms with Crippen LogP contribution in [0.5, 0.6) is 0 Å². The van der Waals surface area contributed by atoms with Crippen LogP contribution in [-0.2, 0) is 4.74 Å². The number of fused-ring (bicyclic) bond motifs is 1. The van der Waals surface area contributed by atoms with Crippen molar-refractivity contribution in [1.29, 1.82) is 0 Å². The summed E-state index contributed by atoms with van der Waals surface area (Å²) >= 11 is 5.46. The Balaban J connectivity index is 1.39. The van der Waals surface area contributed by atoms with E-state index in [1.165, 1.54) is 25.7 Å². The second kappa shape index (κ2) is 11.3. The molecule has 1 saturated heterocycles. The fourth-order valence-electron chi connectivity index (χ4n) is 4.04. The van der Waals surface area contributed by atoms with Gasteiger partial charge in [-0.2, -0.15) is 0 Å². The lowest BCUT2D eigenvalue weighted by Crippen LogP contribution is -2.37. The summed E-state index contributed by atoms with van der Waals surface area (Å²) in [5.41, 5.74) is 9.17. The van der Waals surface area contributed by atoms with Crippen LogP contribution in [0.4, 0.5) is 5.82 Å². The Hall–Kier alpha value is -2.62. The van der Waals surface area contributed by atoms with Gasteiger partial charge < -0.3 is 21.1 Å². The van der Waals surface area contributed by atoms with Crippen LogP contribution in [0.3, 0.4) is 0 Å². The zero-order valence-electron chi connectivity index (χ0n) is 18.3. The Kier molecular flexibility index (Phi) is 7.97. The first kappa shape index (κ1) is 22.6. The van der Waals surface area contributed by atoms with Crippen LogP contribution in [-0.4, -0.2) is 71.6 Å². The number of ether oxygens (including phenoxy) is 1. The van der Waals surface area contributed by atoms with E-state index in [2.05, 4.69) is 25.5 Å². The molecule has 0 atom stereocenters. The molecule has 0 radical (unpaired) electrons. The molecule has 0 unspecified atom stereocenters. The number of nitrogens with two attached hydrogens (primary N) is 1. The number of thiocarbonyl (C=S) groups is 1. The second-order valence-corrected chi connectivity index (χ2v) is 8.56. The van der Waals surface area contributed by atoms with Crippen molar-refractivity contribution in [2.45, 2.75) is 31.7 Å². The predicted octanol–water partition coefficient (Wildman–Crippen LogP) is 2.56. The molecule has 0 spiro atoms. The molecule has 0 bridgehead atoms. The van der Waals surface area contributed by atoms with Gasteiger partial charge in [0, 0.05) is 55.4 Å². The molecular formula is C23H31N7OS. The van der Waals surface area contributed by atoms with E-state index in [0.717, 1.165) is 61.6 Å². The van der Waals surface area contributed by atoms with Gasteiger partial charge in [-0.15, -0.1) is 0 Å². The Morgan fingerprint density at radius 3 is 2.84 bits per heavy atom. The van der Waals surface area contributed by atoms with Crippen LogP contribution in [0.1, 0.15) is 31.2 Å². The molecule has 4 N–H and O–H groups in total. The number of rotatable bonds is 7. The molecule has 8 nitrogen and oxygen atoms in total. The van der Waals surface area contributed by atoms with Gasteiger partial charge in [0.15, 0.2) is 5.11 Å². The molecule has 2 aliphatic rings. The summed E-state index contributed by atoms with van der Waals surface area (Å²) in [5.74, 6) is 0.699. The molecule has 0 aromatic carbocycles. The minimum absolute atomic E-state index is 0.462. The molecule has 2 fully saturated rings. The molecule has 4 rings (SSSR count). The predicted molar refractivity (Wildman–Crippen MR) is 134 cm³/mol. The van der Waals surface area contributed by atoms with E-state index >= 15 is 0 Å². The van der Waals surface area contributed by atoms with Gasteiger partial charge in [0.25, 0.3) is 0 Å². The number of nitrogens with one attached hydrogen (secondary N) is 2. The second-order valence-electron chi connectivity index (χ2n) is 8.15. The Morgan fingerprint density at radius 1 is 1.25 bits per heavy atom. The maximum Gasteiger partial charge on any atom is 0.172 e. The molecule has 0 amide bonds. The van der Waals surface area contributed by atoms with Crippen molar-refractivity contribution >= 4 is 46.0 Å². The van der Waals surface area contributed by atoms with Gasteiger partial charge in [0.05, 0.1) is 30.8 Å². The summed E-state index contributed by atoms with van der Waals surface area (Å²) < 4.78 is 5.38. The third-order valence-electron chi connectivity index (χ3n) is 5.86. The van der Waals surface area contributed by atoms with E-state index in [4.69, 9.17) is 27.7 Å². The summed E-state index contributed by atoms with van der Waals surface area (Å²) in [6, 6.07) is 6.27. The van der Waals surface area contributed by atoms with Crippen LogP contribution < -0.4 is 16.4 Å². The number of anilines is 1. The van der Waals surface area contributed by atoms with Crippen molar-refractivity contribution in [3.63, 3.8) is 0 Å². The molecule has 9 heteroatoms. The molecule has 1 saturated carbocycles. The zero-order valence-corrected chi connectivity index (χ0v) is 19.1. The van der Waals surface area contributed by atoms with E-state index in [0.29, 0.717) is 17.0 Å². The van der Waals surface area contributed by atoms with Gasteiger partial charge in [0.1, 0.15) is 5.82 Å². The average Bonchev–Trinajstić information content (AvgIpc) is 3.32. The van der Waals surface area contributed by atoms with Crippen molar-refractivity contribution in [1.82, 2.24) is 20.2 Å². The smallest absolute Gasteiger partial charge is 0.172 e. The molecule has 2 aromatic heterocycles. The average molecular weight is 454 g/mol. The lowest BCUT2D eigenvalue weighted by molar-refractivity contribution is 0.0395. The zero-order chi connectivity index (χ0) is 22.2. The minimum Gasteiger partial charge on any atom is -0.404 e. The standard InChI is InChI=1S/C23H31N7OS/c24-14-18(15-25-7-8-30-9-11-31-12-10-30)17-13-21-20(26-16-17)5-6-22(28-21)29-23(32)27-19-3-1-2-4-19/h5-6,13-16,19H,1-4,7-12,24H2,(H2,27,28,29,32). The molecule has 2 aromatic rings. The molecule has 32 heavy (non-hydrogen) atoms. The minimum atomic E-state index is 0.462. The Bertz CT molecular complexity index is 981. The van der Waals surface area contributed by atoms with Gasteiger partial charge in [0.2, 0.25) is 0 Å². The van der Waals surface area contributed by atoms with Crippen LogP contribution in [0.25, 0.3) is 16.6 Å². The van der Waals surface area contributed by atoms with E-state index < -0.39 is 0 Å².